The maximum Gasteiger partial charge on any atom is 0.0394 e. The van der Waals surface area contributed by atoms with Crippen molar-refractivity contribution in [2.45, 2.75) is 26.3 Å². The molecule has 1 fully saturated rings. The summed E-state index contributed by atoms with van der Waals surface area (Å²) in [6, 6.07) is 0.711. The molecule has 0 bridgehead atoms. The van der Waals surface area contributed by atoms with E-state index in [9.17, 15) is 0 Å². The highest BCUT2D eigenvalue weighted by molar-refractivity contribution is 4.81. The van der Waals surface area contributed by atoms with Gasteiger partial charge in [0.25, 0.3) is 0 Å². The average molecular weight is 114 g/mol. The van der Waals surface area contributed by atoms with Crippen LogP contribution in [0.2, 0.25) is 0 Å². The molecule has 1 atom stereocenters. The molecule has 0 aromatic heterocycles. The van der Waals surface area contributed by atoms with Crippen LogP contribution in [0.5, 0.6) is 0 Å². The Kier molecular flexibility index (Phi) is 1.24. The van der Waals surface area contributed by atoms with Crippen LogP contribution in [0.15, 0.2) is 0 Å². The number of hydrogen-bond acceptors (Lipinski definition) is 1. The Morgan fingerprint density at radius 2 is 2.50 bits per heavy atom. The molecule has 0 saturated carbocycles. The lowest BCUT2D eigenvalue weighted by molar-refractivity contribution is 0.0867. The van der Waals surface area contributed by atoms with Crippen LogP contribution in [0.1, 0.15) is 21.6 Å². The number of hydrogen-bond donors (Lipinski definition) is 0. The largest absolute Gasteiger partial charge is 0.303 e. The molecule has 0 aromatic carbocycles. The Bertz CT molecular complexity index is 90.9. The second-order valence-electron chi connectivity index (χ2n) is 2.91. The summed E-state index contributed by atoms with van der Waals surface area (Å²) in [7, 11) is 0.489. The van der Waals surface area contributed by atoms with E-state index in [1.807, 2.05) is 0 Å². The fourth-order valence-electron chi connectivity index (χ4n) is 1.22. The lowest BCUT2D eigenvalue weighted by Gasteiger charge is -2.40. The number of rotatable bonds is 1. The zero-order chi connectivity index (χ0) is 6.85. The smallest absolute Gasteiger partial charge is 0.0394 e. The zero-order valence-electron chi connectivity index (χ0n) is 6.72. The van der Waals surface area contributed by atoms with Crippen molar-refractivity contribution in [2.24, 2.45) is 5.92 Å². The highest BCUT2D eigenvalue weighted by atomic mass is 15.2. The summed E-state index contributed by atoms with van der Waals surface area (Å²) in [5.74, 6) is 0.740. The fourth-order valence-corrected chi connectivity index (χ4v) is 1.22. The lowest BCUT2D eigenvalue weighted by Crippen LogP contribution is -2.47. The third kappa shape index (κ3) is 0.873. The van der Waals surface area contributed by atoms with Crippen molar-refractivity contribution in [3.8, 4) is 0 Å². The molecule has 0 N–H and O–H groups in total. The van der Waals surface area contributed by atoms with Crippen molar-refractivity contribution in [2.75, 3.05) is 13.6 Å². The summed E-state index contributed by atoms with van der Waals surface area (Å²) in [4.78, 5) is 2.21. The van der Waals surface area contributed by atoms with E-state index >= 15 is 0 Å². The van der Waals surface area contributed by atoms with Crippen molar-refractivity contribution in [3.63, 3.8) is 0 Å². The monoisotopic (exact) mass is 114 g/mol. The van der Waals surface area contributed by atoms with Crippen molar-refractivity contribution in [3.05, 3.63) is 0 Å². The van der Waals surface area contributed by atoms with Gasteiger partial charge in [-0.05, 0) is 25.9 Å². The Morgan fingerprint density at radius 3 is 2.62 bits per heavy atom. The van der Waals surface area contributed by atoms with E-state index < -0.39 is 0 Å². The van der Waals surface area contributed by atoms with E-state index in [1.54, 1.807) is 0 Å². The Balaban J connectivity index is 2.27. The maximum absolute atomic E-state index is 7.11. The summed E-state index contributed by atoms with van der Waals surface area (Å²) >= 11 is 0. The minimum absolute atomic E-state index is 0.489. The molecule has 0 radical (unpaired) electrons. The lowest BCUT2D eigenvalue weighted by atomic mass is 9.93. The number of likely N-dealkylation sites (tertiary alicyclic amines) is 1. The first kappa shape index (κ1) is 4.80. The molecule has 1 rings (SSSR count). The van der Waals surface area contributed by atoms with Crippen LogP contribution in [0.4, 0.5) is 0 Å². The van der Waals surface area contributed by atoms with E-state index in [0.29, 0.717) is 13.1 Å². The van der Waals surface area contributed by atoms with Gasteiger partial charge in [0.2, 0.25) is 0 Å². The van der Waals surface area contributed by atoms with Gasteiger partial charge in [-0.2, -0.15) is 0 Å². The van der Waals surface area contributed by atoms with E-state index in [0.717, 1.165) is 12.5 Å². The maximum atomic E-state index is 7.11. The van der Waals surface area contributed by atoms with Gasteiger partial charge in [0.1, 0.15) is 0 Å². The van der Waals surface area contributed by atoms with E-state index in [2.05, 4.69) is 18.7 Å². The second-order valence-corrected chi connectivity index (χ2v) is 2.91. The van der Waals surface area contributed by atoms with E-state index in [1.165, 1.54) is 6.42 Å². The topological polar surface area (TPSA) is 3.24 Å². The third-order valence-electron chi connectivity index (χ3n) is 1.95. The fraction of sp³-hybridized carbons (Fsp3) is 1.00. The van der Waals surface area contributed by atoms with Gasteiger partial charge in [0.05, 0.1) is 0 Å². The van der Waals surface area contributed by atoms with Gasteiger partial charge >= 0.3 is 0 Å². The van der Waals surface area contributed by atoms with Gasteiger partial charge in [0, 0.05) is 7.41 Å². The number of nitrogens with zero attached hydrogens (tertiary/aromatic N) is 1. The minimum atomic E-state index is 0.489. The average Bonchev–Trinajstić information content (AvgIpc) is 1.61. The zero-order valence-corrected chi connectivity index (χ0v) is 5.72. The molecule has 1 nitrogen and oxygen atoms in total. The molecule has 48 valence electrons. The molecular weight excluding hydrogens is 98.1 g/mol. The van der Waals surface area contributed by atoms with Gasteiger partial charge in [-0.1, -0.05) is 13.8 Å². The summed E-state index contributed by atoms with van der Waals surface area (Å²) < 4.78 is 7.11. The molecule has 1 aliphatic rings. The molecule has 1 aliphatic heterocycles. The van der Waals surface area contributed by atoms with Gasteiger partial charge < -0.3 is 4.90 Å². The quantitative estimate of drug-likeness (QED) is 0.497. The van der Waals surface area contributed by atoms with Crippen LogP contribution < -0.4 is 0 Å². The van der Waals surface area contributed by atoms with Crippen molar-refractivity contribution >= 4 is 0 Å². The summed E-state index contributed by atoms with van der Waals surface area (Å²) in [5.41, 5.74) is 0. The minimum Gasteiger partial charge on any atom is -0.303 e. The Morgan fingerprint density at radius 1 is 1.75 bits per heavy atom. The third-order valence-corrected chi connectivity index (χ3v) is 1.95. The first-order chi connectivity index (χ1) is 4.25. The van der Waals surface area contributed by atoms with Crippen molar-refractivity contribution in [1.29, 1.82) is 0 Å². The van der Waals surface area contributed by atoms with E-state index in [4.69, 9.17) is 1.37 Å². The van der Waals surface area contributed by atoms with Gasteiger partial charge in [-0.15, -0.1) is 0 Å². The Labute approximate surface area is 53.1 Å². The molecule has 1 heteroatoms. The van der Waals surface area contributed by atoms with Crippen LogP contribution >= 0.6 is 0 Å². The molecular formula is C7H15N. The first-order valence-corrected chi connectivity index (χ1v) is 3.29. The highest BCUT2D eigenvalue weighted by Crippen LogP contribution is 2.21. The molecule has 0 aliphatic carbocycles. The molecule has 0 amide bonds. The van der Waals surface area contributed by atoms with Crippen molar-refractivity contribution < 1.29 is 1.37 Å². The van der Waals surface area contributed by atoms with Gasteiger partial charge in [-0.3, -0.25) is 0 Å². The SMILES string of the molecule is [2H]CN1CC[C@H]1C(C)C. The van der Waals surface area contributed by atoms with Crippen LogP contribution in [0, 0.1) is 5.92 Å². The normalized spacial score (nSPS) is 32.4. The molecule has 0 aromatic rings. The second kappa shape index (κ2) is 2.06. The van der Waals surface area contributed by atoms with Crippen LogP contribution in [-0.2, 0) is 0 Å². The standard InChI is InChI=1S/C7H15N/c1-6(2)7-4-5-8(7)3/h6-7H,4-5H2,1-3H3/t7-/m0/s1/i3D. The van der Waals surface area contributed by atoms with Gasteiger partial charge in [-0.25, -0.2) is 0 Å². The van der Waals surface area contributed by atoms with Crippen LogP contribution in [0.3, 0.4) is 0 Å². The predicted octanol–water partition coefficient (Wildman–Crippen LogP) is 1.35. The molecule has 1 saturated heterocycles. The molecule has 0 spiro atoms. The van der Waals surface area contributed by atoms with E-state index in [-0.39, 0.29) is 0 Å². The van der Waals surface area contributed by atoms with Crippen LogP contribution in [0.25, 0.3) is 0 Å². The summed E-state index contributed by atoms with van der Waals surface area (Å²) in [6.07, 6.45) is 1.30. The Hall–Kier alpha value is -0.0400. The predicted molar refractivity (Wildman–Crippen MR) is 35.9 cm³/mol. The molecule has 8 heavy (non-hydrogen) atoms. The first-order valence-electron chi connectivity index (χ1n) is 3.99. The van der Waals surface area contributed by atoms with Crippen LogP contribution in [-0.4, -0.2) is 24.5 Å². The molecule has 0 unspecified atom stereocenters. The van der Waals surface area contributed by atoms with Gasteiger partial charge in [0.15, 0.2) is 0 Å². The molecule has 1 heterocycles. The highest BCUT2D eigenvalue weighted by Gasteiger charge is 2.26. The van der Waals surface area contributed by atoms with Crippen molar-refractivity contribution in [1.82, 2.24) is 4.90 Å². The summed E-state index contributed by atoms with van der Waals surface area (Å²) in [5, 5.41) is 0. The summed E-state index contributed by atoms with van der Waals surface area (Å²) in [6.45, 7) is 5.60.